The van der Waals surface area contributed by atoms with Crippen molar-refractivity contribution in [1.82, 2.24) is 90.8 Å². The van der Waals surface area contributed by atoms with Crippen LogP contribution in [-0.2, 0) is 78.6 Å². The van der Waals surface area contributed by atoms with E-state index in [1.165, 1.54) is 15.8 Å². The number of carbonyl (C=O) groups is 7. The van der Waals surface area contributed by atoms with E-state index in [-0.39, 0.29) is 85.2 Å². The Morgan fingerprint density at radius 1 is 0.364 bits per heavy atom. The lowest BCUT2D eigenvalue weighted by Gasteiger charge is -2.18. The number of nitrogens with zero attached hydrogens (tertiary/aromatic N) is 7. The van der Waals surface area contributed by atoms with Crippen LogP contribution in [0.1, 0.15) is 65.8 Å². The van der Waals surface area contributed by atoms with Gasteiger partial charge in [-0.2, -0.15) is 0 Å². The van der Waals surface area contributed by atoms with Gasteiger partial charge in [0.25, 0.3) is 35.4 Å². The van der Waals surface area contributed by atoms with Gasteiger partial charge in [-0.3, -0.25) is 33.7 Å². The van der Waals surface area contributed by atoms with Gasteiger partial charge in [0.2, 0.25) is 0 Å². The van der Waals surface area contributed by atoms with Gasteiger partial charge in [0.1, 0.15) is 90.1 Å². The number of hydrogen-bond donors (Lipinski definition) is 11. The number of fused-ring (bicyclic) bond motifs is 6. The van der Waals surface area contributed by atoms with E-state index in [0.717, 1.165) is 116 Å². The van der Waals surface area contributed by atoms with Crippen molar-refractivity contribution in [1.29, 1.82) is 0 Å². The number of ether oxygens (including phenoxy) is 3. The van der Waals surface area contributed by atoms with E-state index in [1.807, 2.05) is 184 Å². The van der Waals surface area contributed by atoms with Gasteiger partial charge in [-0.25, -0.2) is 4.79 Å². The first-order chi connectivity index (χ1) is 61.4. The van der Waals surface area contributed by atoms with Crippen LogP contribution in [0.3, 0.4) is 0 Å². The molecule has 12 heterocycles. The van der Waals surface area contributed by atoms with Crippen molar-refractivity contribution in [3.63, 3.8) is 0 Å². The van der Waals surface area contributed by atoms with E-state index < -0.39 is 6.04 Å². The summed E-state index contributed by atoms with van der Waals surface area (Å²) in [4.78, 5) is 115. The topological polar surface area (TPSA) is 325 Å². The number of para-hydroxylation sites is 6. The largest absolute Gasteiger partial charge is 0.489 e. The first-order valence-corrected chi connectivity index (χ1v) is 43.0. The molecule has 6 fully saturated rings. The highest BCUT2D eigenvalue weighted by Crippen LogP contribution is 2.36. The zero-order valence-corrected chi connectivity index (χ0v) is 75.3. The molecule has 6 aliphatic heterocycles. The van der Waals surface area contributed by atoms with E-state index in [0.29, 0.717) is 96.7 Å². The van der Waals surface area contributed by atoms with E-state index in [1.54, 1.807) is 66.8 Å². The molecular formula is C98H109Cl3N18O10. The average Bonchev–Trinajstić information content (AvgIpc) is 1.71. The second-order valence-electron chi connectivity index (χ2n) is 32.5. The second-order valence-corrected chi connectivity index (χ2v) is 33.7. The maximum atomic E-state index is 12.3. The van der Waals surface area contributed by atoms with Crippen molar-refractivity contribution >= 4 is 142 Å². The molecule has 0 spiro atoms. The lowest BCUT2D eigenvalue weighted by molar-refractivity contribution is -0.129. The summed E-state index contributed by atoms with van der Waals surface area (Å²) < 4.78 is 16.8. The highest BCUT2D eigenvalue weighted by Gasteiger charge is 2.42. The molecule has 672 valence electrons. The number of aromatic nitrogens is 6. The normalized spacial score (nSPS) is 18.4. The Kier molecular flexibility index (Phi) is 28.8. The van der Waals surface area contributed by atoms with Crippen LogP contribution in [0.25, 0.3) is 65.4 Å². The molecule has 6 unspecified atom stereocenters. The third-order valence-corrected chi connectivity index (χ3v) is 25.0. The van der Waals surface area contributed by atoms with Crippen LogP contribution in [0, 0.1) is 6.92 Å². The smallest absolute Gasteiger partial charge is 0.325 e. The number of aromatic amines is 6. The molecule has 11 N–H and O–H groups in total. The Morgan fingerprint density at radius 3 is 1.03 bits per heavy atom. The van der Waals surface area contributed by atoms with E-state index in [9.17, 15) is 33.6 Å². The lowest BCUT2D eigenvalue weighted by atomic mass is 10.0. The van der Waals surface area contributed by atoms with Crippen molar-refractivity contribution in [3.05, 3.63) is 298 Å². The Bertz CT molecular complexity index is 6340. The minimum Gasteiger partial charge on any atom is -0.489 e. The molecule has 13 aromatic rings. The fraction of sp³-hybridized carbons (Fsp3) is 0.276. The Balaban J connectivity index is 0.000000132. The van der Waals surface area contributed by atoms with Crippen molar-refractivity contribution < 1.29 is 47.8 Å². The van der Waals surface area contributed by atoms with Crippen LogP contribution >= 0.6 is 34.8 Å². The molecule has 6 aliphatic rings. The van der Waals surface area contributed by atoms with Gasteiger partial charge in [0.15, 0.2) is 0 Å². The van der Waals surface area contributed by atoms with Crippen molar-refractivity contribution in [2.24, 2.45) is 0 Å². The molecule has 28 nitrogen and oxygen atoms in total. The summed E-state index contributed by atoms with van der Waals surface area (Å²) in [5, 5.41) is 23.7. The third-order valence-electron chi connectivity index (χ3n) is 24.0. The standard InChI is InChI=1S/C21H21N3O2.C17H21N3O3.C15H16ClN3O2.C15H16ClN3O.C15H17N3O.C14H14ClN3O.CH4/c1-14-23-18(21(25)24(14)2)11-16-12-22-20-17(16)9-6-10-19(20)26-13-15-7-4-3-5-8-15;1-11-19-14(17(21)20(11)2)9-12-10-18-16-13(12)5-4-6-15(16)23-8-7-22-3;1-8(2)19-14(20)12(18-15(19)21)6-9-7-17-13-10(9)4-3-5-11(13)16;1-9-18(2)13(15(20)19(9)3)7-10-8-17-14-11(10)5-4-6-12(14)16;1-9-5-4-6-12-11(8-16-14(9)12)7-13-15(19)18(3)10(2)17-13;1-8-17-12(14(19)18(8)2)6-9-7-16-13-10(9)4-3-5-11(13)15;/h3-10,12,18,22-23H,1,11,13H2,2H3;4-6,10,14,18-19H,1,7-9H2,2-3H3;3-5,7-8,12,17H,6H2,1-2H3,(H,18,21);4-6,8,13,17H,1,7H2,2-3H3;4-6,8,13,16-17H,2,7H2,1,3H3;3-5,7,12,16-17H,1,6H2,2H3;1H4. The van der Waals surface area contributed by atoms with Crippen LogP contribution in [0.5, 0.6) is 11.5 Å². The Hall–Kier alpha value is -13.8. The van der Waals surface area contributed by atoms with Crippen LogP contribution < -0.4 is 36.1 Å². The molecule has 6 saturated heterocycles. The minimum atomic E-state index is -0.516. The number of rotatable bonds is 20. The number of methoxy groups -OCH3 is 1. The van der Waals surface area contributed by atoms with Gasteiger partial charge in [-0.15, -0.1) is 0 Å². The van der Waals surface area contributed by atoms with Crippen molar-refractivity contribution in [2.45, 2.75) is 116 Å². The van der Waals surface area contributed by atoms with Gasteiger partial charge in [0.05, 0.1) is 49.3 Å². The first-order valence-electron chi connectivity index (χ1n) is 41.9. The molecule has 8 amide bonds. The van der Waals surface area contributed by atoms with Crippen LogP contribution in [0.4, 0.5) is 4.79 Å². The predicted octanol–water partition coefficient (Wildman–Crippen LogP) is 14.9. The second kappa shape index (κ2) is 40.0. The number of H-pyrrole nitrogens is 6. The number of amides is 8. The molecule has 7 aromatic carbocycles. The van der Waals surface area contributed by atoms with Gasteiger partial charge in [0, 0.05) is 169 Å². The number of halogens is 3. The fourth-order valence-corrected chi connectivity index (χ4v) is 17.3. The first kappa shape index (κ1) is 92.9. The van der Waals surface area contributed by atoms with E-state index in [2.05, 4.69) is 115 Å². The highest BCUT2D eigenvalue weighted by molar-refractivity contribution is 6.36. The summed E-state index contributed by atoms with van der Waals surface area (Å²) in [6.07, 6.45) is 15.1. The Morgan fingerprint density at radius 2 is 0.690 bits per heavy atom. The van der Waals surface area contributed by atoms with E-state index in [4.69, 9.17) is 49.0 Å². The maximum absolute atomic E-state index is 12.3. The van der Waals surface area contributed by atoms with Gasteiger partial charge in [-0.1, -0.05) is 184 Å². The third kappa shape index (κ3) is 19.7. The van der Waals surface area contributed by atoms with Gasteiger partial charge in [-0.05, 0) is 95.6 Å². The summed E-state index contributed by atoms with van der Waals surface area (Å²) in [5.41, 5.74) is 14.5. The van der Waals surface area contributed by atoms with Crippen LogP contribution in [0.15, 0.2) is 239 Å². The number of nitrogens with one attached hydrogen (secondary N) is 11. The molecule has 0 bridgehead atoms. The summed E-state index contributed by atoms with van der Waals surface area (Å²) >= 11 is 18.4. The molecule has 6 atom stereocenters. The molecule has 0 radical (unpaired) electrons. The number of carbonyl (C=O) groups excluding carboxylic acids is 7. The Labute approximate surface area is 763 Å². The molecule has 0 saturated carbocycles. The maximum Gasteiger partial charge on any atom is 0.325 e. The SMILES string of the molecule is C.C=C1N(C)C(=O)C(Cc2c[nH]c3c(Cl)cccc23)N1C.C=C1NC(Cc2c[nH]c3c(C)cccc23)C(=O)N1C.C=C1NC(Cc2c[nH]c3c(Cl)cccc23)C(=O)N1C.C=C1NC(Cc2c[nH]c3c(OCCOC)cccc23)C(=O)N1C.C=C1NC(Cc2c[nH]c3c(OCc4ccccc4)cccc23)C(=O)N1C.CC(C)N1C(=O)NC(Cc2c[nH]c3c(Cl)cccc23)C1=O. The zero-order chi connectivity index (χ0) is 91.2. The number of likely N-dealkylation sites (N-methyl/N-ethyl adjacent to an activating group) is 6. The average molecular weight is 1810 g/mol. The number of imide groups is 1. The van der Waals surface area contributed by atoms with Gasteiger partial charge >= 0.3 is 6.03 Å². The zero-order valence-electron chi connectivity index (χ0n) is 73.0. The monoisotopic (exact) mass is 1800 g/mol. The van der Waals surface area contributed by atoms with Crippen molar-refractivity contribution in [2.75, 3.05) is 62.6 Å². The van der Waals surface area contributed by atoms with E-state index >= 15 is 0 Å². The minimum absolute atomic E-state index is 0. The summed E-state index contributed by atoms with van der Waals surface area (Å²) in [6, 6.07) is 43.2. The molecular weight excluding hydrogens is 1700 g/mol. The quantitative estimate of drug-likeness (QED) is 0.0250. The molecule has 129 heavy (non-hydrogen) atoms. The van der Waals surface area contributed by atoms with Crippen LogP contribution in [0.2, 0.25) is 15.1 Å². The highest BCUT2D eigenvalue weighted by atomic mass is 35.5. The summed E-state index contributed by atoms with van der Waals surface area (Å²) in [7, 11) is 12.2. The molecule has 6 aromatic heterocycles. The number of benzene rings is 7. The molecule has 19 rings (SSSR count). The fourth-order valence-electron chi connectivity index (χ4n) is 16.6. The summed E-state index contributed by atoms with van der Waals surface area (Å²) in [6.45, 7) is 26.5. The predicted molar refractivity (Wildman–Crippen MR) is 510 cm³/mol. The number of aryl methyl sites for hydroxylation is 1. The summed E-state index contributed by atoms with van der Waals surface area (Å²) in [5.74, 6) is 5.04. The molecule has 0 aliphatic carbocycles. The lowest BCUT2D eigenvalue weighted by Crippen LogP contribution is -2.37. The number of urea groups is 1. The van der Waals surface area contributed by atoms with Gasteiger partial charge < -0.3 is 100 Å². The molecule has 31 heteroatoms. The number of hydrogen-bond acceptors (Lipinski definition) is 15. The van der Waals surface area contributed by atoms with Crippen molar-refractivity contribution in [3.8, 4) is 11.5 Å². The van der Waals surface area contributed by atoms with Crippen LogP contribution in [-0.4, -0.2) is 211 Å².